The molecule has 0 aliphatic rings. The number of aromatic nitrogens is 5. The predicted molar refractivity (Wildman–Crippen MR) is 119 cm³/mol. The summed E-state index contributed by atoms with van der Waals surface area (Å²) in [6, 6.07) is 13.1. The fourth-order valence-corrected chi connectivity index (χ4v) is 3.00. The number of hydrogen-bond donors (Lipinski definition) is 2. The van der Waals surface area contributed by atoms with Gasteiger partial charge in [-0.2, -0.15) is 5.10 Å². The van der Waals surface area contributed by atoms with Crippen molar-refractivity contribution in [1.82, 2.24) is 29.0 Å². The van der Waals surface area contributed by atoms with Crippen LogP contribution in [-0.4, -0.2) is 41.6 Å². The molecular weight excluding hydrogens is 398 g/mol. The molecule has 1 aromatic carbocycles. The first kappa shape index (κ1) is 19.6. The smallest absolute Gasteiger partial charge is 0.291 e. The van der Waals surface area contributed by atoms with E-state index in [2.05, 4.69) is 56.9 Å². The molecule has 3 heterocycles. The standard InChI is InChI=1S/C21H19N7OS/c1-2-10-28(30)21(29)26-19-9-8-17-20(25-19)24-18(12-22-17)16-11-23-27(14-16)13-15-6-4-3-5-7-15/h2-9,11-12,14,30H,1,10,13H2,(H,24,25,26,29). The highest BCUT2D eigenvalue weighted by Gasteiger charge is 2.11. The van der Waals surface area contributed by atoms with Gasteiger partial charge in [0.15, 0.2) is 5.65 Å². The average molecular weight is 417 g/mol. The van der Waals surface area contributed by atoms with Gasteiger partial charge < -0.3 is 0 Å². The van der Waals surface area contributed by atoms with E-state index in [1.165, 1.54) is 4.31 Å². The van der Waals surface area contributed by atoms with Gasteiger partial charge >= 0.3 is 6.03 Å². The number of carbonyl (C=O) groups is 1. The molecule has 8 nitrogen and oxygen atoms in total. The van der Waals surface area contributed by atoms with Crippen LogP contribution in [0.25, 0.3) is 22.4 Å². The summed E-state index contributed by atoms with van der Waals surface area (Å²) in [4.78, 5) is 25.5. The van der Waals surface area contributed by atoms with Gasteiger partial charge in [-0.15, -0.1) is 6.58 Å². The van der Waals surface area contributed by atoms with Crippen LogP contribution in [0.1, 0.15) is 5.56 Å². The number of benzene rings is 1. The van der Waals surface area contributed by atoms with E-state index in [0.717, 1.165) is 11.1 Å². The zero-order valence-electron chi connectivity index (χ0n) is 16.0. The highest BCUT2D eigenvalue weighted by molar-refractivity contribution is 7.78. The number of nitrogens with one attached hydrogen (secondary N) is 1. The summed E-state index contributed by atoms with van der Waals surface area (Å²) in [6.07, 6.45) is 6.93. The monoisotopic (exact) mass is 417 g/mol. The normalized spacial score (nSPS) is 10.7. The zero-order valence-corrected chi connectivity index (χ0v) is 16.9. The van der Waals surface area contributed by atoms with Gasteiger partial charge in [-0.25, -0.2) is 14.8 Å². The number of urea groups is 1. The number of pyridine rings is 1. The van der Waals surface area contributed by atoms with Crippen molar-refractivity contribution in [3.05, 3.63) is 79.3 Å². The molecular formula is C21H19N7OS. The lowest BCUT2D eigenvalue weighted by atomic mass is 10.2. The van der Waals surface area contributed by atoms with Crippen molar-refractivity contribution in [1.29, 1.82) is 0 Å². The van der Waals surface area contributed by atoms with Crippen molar-refractivity contribution >= 4 is 35.8 Å². The minimum atomic E-state index is -0.406. The van der Waals surface area contributed by atoms with Gasteiger partial charge in [-0.1, -0.05) is 49.2 Å². The van der Waals surface area contributed by atoms with E-state index in [1.54, 1.807) is 30.6 Å². The Morgan fingerprint density at radius 2 is 2.00 bits per heavy atom. The lowest BCUT2D eigenvalue weighted by Gasteiger charge is -2.13. The minimum Gasteiger partial charge on any atom is -0.291 e. The molecule has 4 aromatic rings. The number of thiol groups is 1. The number of hydrogen-bond acceptors (Lipinski definition) is 6. The van der Waals surface area contributed by atoms with Crippen LogP contribution >= 0.6 is 12.8 Å². The van der Waals surface area contributed by atoms with E-state index in [9.17, 15) is 4.79 Å². The summed E-state index contributed by atoms with van der Waals surface area (Å²) in [5.74, 6) is 0.363. The molecule has 9 heteroatoms. The number of rotatable bonds is 6. The first-order valence-electron chi connectivity index (χ1n) is 9.21. The van der Waals surface area contributed by atoms with Crippen molar-refractivity contribution < 1.29 is 4.79 Å². The van der Waals surface area contributed by atoms with E-state index in [0.29, 0.717) is 35.8 Å². The van der Waals surface area contributed by atoms with Crippen molar-refractivity contribution in [3.8, 4) is 11.3 Å². The van der Waals surface area contributed by atoms with Crippen LogP contribution in [0.3, 0.4) is 0 Å². The average Bonchev–Trinajstić information content (AvgIpc) is 3.22. The van der Waals surface area contributed by atoms with Crippen LogP contribution in [-0.2, 0) is 6.54 Å². The van der Waals surface area contributed by atoms with E-state index in [1.807, 2.05) is 29.1 Å². The van der Waals surface area contributed by atoms with Crippen LogP contribution in [0.2, 0.25) is 0 Å². The largest absolute Gasteiger partial charge is 0.333 e. The van der Waals surface area contributed by atoms with Gasteiger partial charge in [0.1, 0.15) is 11.3 Å². The molecule has 0 aliphatic heterocycles. The first-order valence-corrected chi connectivity index (χ1v) is 9.61. The van der Waals surface area contributed by atoms with Crippen molar-refractivity contribution in [2.75, 3.05) is 11.9 Å². The molecule has 4 rings (SSSR count). The molecule has 0 spiro atoms. The van der Waals surface area contributed by atoms with E-state index >= 15 is 0 Å². The molecule has 2 amide bonds. The quantitative estimate of drug-likeness (QED) is 0.368. The fraction of sp³-hybridized carbons (Fsp3) is 0.0952. The van der Waals surface area contributed by atoms with Crippen LogP contribution in [0.4, 0.5) is 10.6 Å². The number of fused-ring (bicyclic) bond motifs is 1. The van der Waals surface area contributed by atoms with E-state index < -0.39 is 6.03 Å². The number of anilines is 1. The topological polar surface area (TPSA) is 88.8 Å². The second kappa shape index (κ2) is 8.75. The van der Waals surface area contributed by atoms with Gasteiger partial charge in [0.25, 0.3) is 0 Å². The highest BCUT2D eigenvalue weighted by Crippen LogP contribution is 2.19. The zero-order chi connectivity index (χ0) is 20.9. The summed E-state index contributed by atoms with van der Waals surface area (Å²) >= 11 is 4.10. The second-order valence-electron chi connectivity index (χ2n) is 6.51. The van der Waals surface area contributed by atoms with E-state index in [-0.39, 0.29) is 0 Å². The Morgan fingerprint density at radius 1 is 1.17 bits per heavy atom. The molecule has 3 aromatic heterocycles. The molecule has 0 atom stereocenters. The molecule has 1 N–H and O–H groups in total. The summed E-state index contributed by atoms with van der Waals surface area (Å²) in [5, 5.41) is 7.09. The molecule has 0 saturated carbocycles. The molecule has 0 saturated heterocycles. The lowest BCUT2D eigenvalue weighted by Crippen LogP contribution is -2.27. The molecule has 30 heavy (non-hydrogen) atoms. The first-order chi connectivity index (χ1) is 14.6. The summed E-state index contributed by atoms with van der Waals surface area (Å²) in [5.41, 5.74) is 3.70. The Hall–Kier alpha value is -3.72. The third kappa shape index (κ3) is 4.47. The summed E-state index contributed by atoms with van der Waals surface area (Å²) < 4.78 is 3.05. The van der Waals surface area contributed by atoms with Gasteiger partial charge in [-0.05, 0) is 17.7 Å². The maximum absolute atomic E-state index is 12.1. The van der Waals surface area contributed by atoms with Crippen molar-refractivity contribution in [3.63, 3.8) is 0 Å². The Balaban J connectivity index is 1.55. The lowest BCUT2D eigenvalue weighted by molar-refractivity contribution is 0.241. The highest BCUT2D eigenvalue weighted by atomic mass is 32.1. The number of amides is 2. The molecule has 150 valence electrons. The maximum atomic E-state index is 12.1. The van der Waals surface area contributed by atoms with Crippen molar-refractivity contribution in [2.45, 2.75) is 6.54 Å². The Labute approximate surface area is 178 Å². The van der Waals surface area contributed by atoms with Crippen LogP contribution in [0.15, 0.2) is 73.7 Å². The SMILES string of the molecule is C=CCN(S)C(=O)Nc1ccc2ncc(-c3cnn(Cc4ccccc4)c3)nc2n1. The number of carbonyl (C=O) groups excluding carboxylic acids is 1. The predicted octanol–water partition coefficient (Wildman–Crippen LogP) is 3.80. The van der Waals surface area contributed by atoms with Crippen LogP contribution in [0, 0.1) is 0 Å². The molecule has 0 fully saturated rings. The van der Waals surface area contributed by atoms with Crippen molar-refractivity contribution in [2.24, 2.45) is 0 Å². The molecule has 0 aliphatic carbocycles. The second-order valence-corrected chi connectivity index (χ2v) is 6.99. The molecule has 0 bridgehead atoms. The maximum Gasteiger partial charge on any atom is 0.333 e. The van der Waals surface area contributed by atoms with Gasteiger partial charge in [0.2, 0.25) is 0 Å². The minimum absolute atomic E-state index is 0.305. The number of nitrogens with zero attached hydrogens (tertiary/aromatic N) is 6. The Morgan fingerprint density at radius 3 is 2.80 bits per heavy atom. The summed E-state index contributed by atoms with van der Waals surface area (Å²) in [7, 11) is 0. The summed E-state index contributed by atoms with van der Waals surface area (Å²) in [6.45, 7) is 4.56. The van der Waals surface area contributed by atoms with Crippen LogP contribution < -0.4 is 5.32 Å². The fourth-order valence-electron chi connectivity index (χ4n) is 2.84. The molecule has 0 unspecified atom stereocenters. The van der Waals surface area contributed by atoms with Gasteiger partial charge in [-0.3, -0.25) is 19.3 Å². The molecule has 0 radical (unpaired) electrons. The van der Waals surface area contributed by atoms with Crippen LogP contribution in [0.5, 0.6) is 0 Å². The van der Waals surface area contributed by atoms with Gasteiger partial charge in [0.05, 0.1) is 31.2 Å². The third-order valence-electron chi connectivity index (χ3n) is 4.29. The third-order valence-corrected chi connectivity index (χ3v) is 4.64. The Kier molecular flexibility index (Phi) is 5.71. The van der Waals surface area contributed by atoms with E-state index in [4.69, 9.17) is 0 Å². The van der Waals surface area contributed by atoms with Gasteiger partial charge in [0, 0.05) is 11.8 Å². The Bertz CT molecular complexity index is 1190.